The molecule has 114 valence electrons. The monoisotopic (exact) mass is 318 g/mol. The molecular formula is C16H15O5P. The fraction of sp³-hybridized carbons (Fsp3) is 0.125. The van der Waals surface area contributed by atoms with Gasteiger partial charge in [-0.2, -0.15) is 0 Å². The van der Waals surface area contributed by atoms with Gasteiger partial charge in [0.1, 0.15) is 5.66 Å². The molecule has 22 heavy (non-hydrogen) atoms. The molecule has 0 fully saturated rings. The van der Waals surface area contributed by atoms with Gasteiger partial charge in [-0.05, 0) is 0 Å². The fourth-order valence-corrected chi connectivity index (χ4v) is 5.32. The summed E-state index contributed by atoms with van der Waals surface area (Å²) in [6.07, 6.45) is -0.698. The molecule has 1 atom stereocenters. The summed E-state index contributed by atoms with van der Waals surface area (Å²) in [6, 6.07) is 16.4. The van der Waals surface area contributed by atoms with E-state index in [1.54, 1.807) is 60.7 Å². The number of rotatable bonds is 6. The van der Waals surface area contributed by atoms with Gasteiger partial charge in [-0.3, -0.25) is 9.59 Å². The van der Waals surface area contributed by atoms with Crippen molar-refractivity contribution in [1.29, 1.82) is 0 Å². The summed E-state index contributed by atoms with van der Waals surface area (Å²) >= 11 is 0. The highest BCUT2D eigenvalue weighted by Crippen LogP contribution is 2.50. The Bertz CT molecular complexity index is 668. The summed E-state index contributed by atoms with van der Waals surface area (Å²) in [7, 11) is -3.62. The van der Waals surface area contributed by atoms with Crippen LogP contribution in [0.4, 0.5) is 0 Å². The van der Waals surface area contributed by atoms with Gasteiger partial charge in [-0.25, -0.2) is 0 Å². The third-order valence-corrected chi connectivity index (χ3v) is 6.78. The van der Waals surface area contributed by atoms with Crippen molar-refractivity contribution in [2.75, 3.05) is 0 Å². The van der Waals surface area contributed by atoms with Crippen molar-refractivity contribution >= 4 is 29.7 Å². The largest absolute Gasteiger partial charge is 0.481 e. The lowest BCUT2D eigenvalue weighted by Crippen LogP contribution is -2.33. The zero-order valence-electron chi connectivity index (χ0n) is 11.6. The van der Waals surface area contributed by atoms with Crippen molar-refractivity contribution in [3.63, 3.8) is 0 Å². The number of carbonyl (C=O) groups is 2. The minimum Gasteiger partial charge on any atom is -0.481 e. The van der Waals surface area contributed by atoms with E-state index in [9.17, 15) is 19.3 Å². The van der Waals surface area contributed by atoms with Crippen molar-refractivity contribution in [3.05, 3.63) is 60.7 Å². The highest BCUT2D eigenvalue weighted by atomic mass is 31.2. The van der Waals surface area contributed by atoms with Gasteiger partial charge in [-0.15, -0.1) is 0 Å². The van der Waals surface area contributed by atoms with E-state index in [4.69, 9.17) is 5.11 Å². The number of carboxylic acids is 2. The Hall–Kier alpha value is -2.39. The third-order valence-electron chi connectivity index (χ3n) is 3.37. The Balaban J connectivity index is 2.67. The zero-order chi connectivity index (χ0) is 16.2. The van der Waals surface area contributed by atoms with Gasteiger partial charge in [0.05, 0.1) is 6.42 Å². The Morgan fingerprint density at radius 2 is 1.27 bits per heavy atom. The summed E-state index contributed by atoms with van der Waals surface area (Å²) in [4.78, 5) is 22.6. The first kappa shape index (κ1) is 16.0. The maximum absolute atomic E-state index is 13.6. The van der Waals surface area contributed by atoms with Gasteiger partial charge in [0.25, 0.3) is 0 Å². The molecule has 0 radical (unpaired) electrons. The molecule has 0 aliphatic heterocycles. The van der Waals surface area contributed by atoms with E-state index in [1.807, 2.05) is 0 Å². The van der Waals surface area contributed by atoms with Crippen LogP contribution in [0.3, 0.4) is 0 Å². The minimum atomic E-state index is -3.62. The molecule has 0 unspecified atom stereocenters. The van der Waals surface area contributed by atoms with Crippen molar-refractivity contribution in [2.24, 2.45) is 0 Å². The average Bonchev–Trinajstić information content (AvgIpc) is 2.53. The highest BCUT2D eigenvalue weighted by Gasteiger charge is 2.42. The van der Waals surface area contributed by atoms with Gasteiger partial charge in [0.15, 0.2) is 7.14 Å². The second-order valence-electron chi connectivity index (χ2n) is 4.78. The maximum atomic E-state index is 13.6. The van der Waals surface area contributed by atoms with Gasteiger partial charge in [0, 0.05) is 10.6 Å². The summed E-state index contributed by atoms with van der Waals surface area (Å²) in [5, 5.41) is 19.1. The van der Waals surface area contributed by atoms with E-state index in [-0.39, 0.29) is 0 Å². The predicted molar refractivity (Wildman–Crippen MR) is 83.4 cm³/mol. The highest BCUT2D eigenvalue weighted by molar-refractivity contribution is 7.80. The molecule has 2 aromatic carbocycles. The molecule has 2 N–H and O–H groups in total. The summed E-state index contributed by atoms with van der Waals surface area (Å²) in [6.45, 7) is 0. The molecule has 0 aliphatic rings. The first-order chi connectivity index (χ1) is 10.5. The molecule has 6 heteroatoms. The second kappa shape index (κ2) is 6.58. The van der Waals surface area contributed by atoms with Crippen LogP contribution in [0.1, 0.15) is 6.42 Å². The molecule has 0 heterocycles. The van der Waals surface area contributed by atoms with E-state index in [2.05, 4.69) is 0 Å². The van der Waals surface area contributed by atoms with E-state index in [0.717, 1.165) is 0 Å². The van der Waals surface area contributed by atoms with Crippen molar-refractivity contribution in [2.45, 2.75) is 12.1 Å². The van der Waals surface area contributed by atoms with Crippen molar-refractivity contribution in [3.8, 4) is 0 Å². The Labute approximate surface area is 127 Å². The Kier molecular flexibility index (Phi) is 4.78. The smallest absolute Gasteiger partial charge is 0.315 e. The van der Waals surface area contributed by atoms with Gasteiger partial charge < -0.3 is 14.8 Å². The number of benzene rings is 2. The van der Waals surface area contributed by atoms with Crippen LogP contribution in [0.2, 0.25) is 0 Å². The Morgan fingerprint density at radius 3 is 1.59 bits per heavy atom. The maximum Gasteiger partial charge on any atom is 0.315 e. The molecule has 0 bridgehead atoms. The van der Waals surface area contributed by atoms with E-state index in [0.29, 0.717) is 10.6 Å². The van der Waals surface area contributed by atoms with Crippen LogP contribution in [0.5, 0.6) is 0 Å². The summed E-state index contributed by atoms with van der Waals surface area (Å²) < 4.78 is 13.6. The van der Waals surface area contributed by atoms with Crippen molar-refractivity contribution in [1.82, 2.24) is 0 Å². The van der Waals surface area contributed by atoms with Crippen LogP contribution < -0.4 is 10.6 Å². The first-order valence-corrected chi connectivity index (χ1v) is 8.39. The van der Waals surface area contributed by atoms with Crippen LogP contribution in [-0.4, -0.2) is 27.8 Å². The first-order valence-electron chi connectivity index (χ1n) is 6.62. The molecule has 0 saturated carbocycles. The Morgan fingerprint density at radius 1 is 0.864 bits per heavy atom. The van der Waals surface area contributed by atoms with Gasteiger partial charge in [0.2, 0.25) is 0 Å². The molecule has 0 saturated heterocycles. The van der Waals surface area contributed by atoms with Crippen LogP contribution >= 0.6 is 7.14 Å². The van der Waals surface area contributed by atoms with E-state index in [1.165, 1.54) is 0 Å². The predicted octanol–water partition coefficient (Wildman–Crippen LogP) is 1.93. The van der Waals surface area contributed by atoms with E-state index >= 15 is 0 Å². The summed E-state index contributed by atoms with van der Waals surface area (Å²) in [5.41, 5.74) is -1.50. The van der Waals surface area contributed by atoms with Gasteiger partial charge >= 0.3 is 11.9 Å². The topological polar surface area (TPSA) is 91.7 Å². The summed E-state index contributed by atoms with van der Waals surface area (Å²) in [5.74, 6) is -2.67. The van der Waals surface area contributed by atoms with Crippen LogP contribution in [-0.2, 0) is 14.2 Å². The second-order valence-corrected chi connectivity index (χ2v) is 7.75. The SMILES string of the molecule is O=C(O)C[C@H](C(=O)O)P(=O)(c1ccccc1)c1ccccc1. The molecule has 2 rings (SSSR count). The number of hydrogen-bond acceptors (Lipinski definition) is 3. The molecular weight excluding hydrogens is 303 g/mol. The lowest BCUT2D eigenvalue weighted by atomic mass is 10.3. The molecule has 0 aromatic heterocycles. The standard InChI is InChI=1S/C16H15O5P/c17-15(18)11-14(16(19)20)22(21,12-7-3-1-4-8-12)13-9-5-2-6-10-13/h1-10,14H,11H2,(H,17,18)(H,19,20)/t14-/m1/s1. The van der Waals surface area contributed by atoms with Gasteiger partial charge in [-0.1, -0.05) is 60.7 Å². The molecule has 0 amide bonds. The van der Waals surface area contributed by atoms with Crippen LogP contribution in [0.15, 0.2) is 60.7 Å². The van der Waals surface area contributed by atoms with Crippen LogP contribution in [0.25, 0.3) is 0 Å². The fourth-order valence-electron chi connectivity index (χ4n) is 2.34. The third kappa shape index (κ3) is 3.10. The average molecular weight is 318 g/mol. The van der Waals surface area contributed by atoms with E-state index < -0.39 is 31.2 Å². The quantitative estimate of drug-likeness (QED) is 0.794. The number of aliphatic carboxylic acids is 2. The lowest BCUT2D eigenvalue weighted by molar-refractivity contribution is -0.143. The zero-order valence-corrected chi connectivity index (χ0v) is 12.5. The molecule has 5 nitrogen and oxygen atoms in total. The normalized spacial score (nSPS) is 12.5. The van der Waals surface area contributed by atoms with Crippen LogP contribution in [0, 0.1) is 0 Å². The number of carboxylic acid groups (broad SMARTS) is 2. The molecule has 0 spiro atoms. The molecule has 2 aromatic rings. The van der Waals surface area contributed by atoms with Crippen molar-refractivity contribution < 1.29 is 24.4 Å². The minimum absolute atomic E-state index is 0.342. The number of hydrogen-bond donors (Lipinski definition) is 2. The molecule has 0 aliphatic carbocycles. The lowest BCUT2D eigenvalue weighted by Gasteiger charge is -2.24.